The van der Waals surface area contributed by atoms with Crippen LogP contribution in [0, 0.1) is 10.1 Å². The second-order valence-electron chi connectivity index (χ2n) is 3.34. The normalized spacial score (nSPS) is 10.4. The molecule has 0 aliphatic heterocycles. The predicted molar refractivity (Wildman–Crippen MR) is 57.3 cm³/mol. The Bertz CT molecular complexity index is 497. The van der Waals surface area contributed by atoms with E-state index in [2.05, 4.69) is 4.98 Å². The Labute approximate surface area is 86.7 Å². The molecule has 0 atom stereocenters. The number of hydrogen-bond acceptors (Lipinski definition) is 3. The molecule has 0 amide bonds. The molecule has 15 heavy (non-hydrogen) atoms. The van der Waals surface area contributed by atoms with Crippen LogP contribution < -0.4 is 0 Å². The molecule has 0 aliphatic carbocycles. The van der Waals surface area contributed by atoms with Crippen LogP contribution in [0.3, 0.4) is 0 Å². The van der Waals surface area contributed by atoms with Crippen molar-refractivity contribution >= 4 is 10.9 Å². The summed E-state index contributed by atoms with van der Waals surface area (Å²) in [5.74, 6) is 0. The fourth-order valence-electron chi connectivity index (χ4n) is 1.50. The largest absolute Gasteiger partial charge is 0.265 e. The van der Waals surface area contributed by atoms with Crippen LogP contribution in [0.25, 0.3) is 10.9 Å². The highest BCUT2D eigenvalue weighted by atomic mass is 16.6. The molecular formula is C11H10N2O2. The summed E-state index contributed by atoms with van der Waals surface area (Å²) in [6.45, 7) is -0.0221. The van der Waals surface area contributed by atoms with E-state index in [1.807, 2.05) is 30.3 Å². The molecule has 1 aromatic carbocycles. The maximum atomic E-state index is 10.2. The minimum Gasteiger partial charge on any atom is -0.265 e. The van der Waals surface area contributed by atoms with Crippen molar-refractivity contribution in [3.05, 3.63) is 52.2 Å². The first-order chi connectivity index (χ1) is 7.25. The second-order valence-corrected chi connectivity index (χ2v) is 3.34. The number of fused-ring (bicyclic) bond motifs is 1. The SMILES string of the molecule is O=[N+]([O-])CCc1ccc2ncccc2c1. The Morgan fingerprint density at radius 3 is 3.00 bits per heavy atom. The molecule has 0 unspecified atom stereocenters. The Kier molecular flexibility index (Phi) is 2.58. The van der Waals surface area contributed by atoms with E-state index in [0.29, 0.717) is 6.42 Å². The summed E-state index contributed by atoms with van der Waals surface area (Å²) in [4.78, 5) is 14.1. The van der Waals surface area contributed by atoms with Crippen molar-refractivity contribution in [3.63, 3.8) is 0 Å². The van der Waals surface area contributed by atoms with E-state index in [4.69, 9.17) is 0 Å². The van der Waals surface area contributed by atoms with Gasteiger partial charge in [0.2, 0.25) is 6.54 Å². The molecule has 0 aliphatic rings. The summed E-state index contributed by atoms with van der Waals surface area (Å²) in [6.07, 6.45) is 2.21. The Balaban J connectivity index is 2.26. The molecule has 76 valence electrons. The molecule has 0 spiro atoms. The third-order valence-corrected chi connectivity index (χ3v) is 2.25. The lowest BCUT2D eigenvalue weighted by Gasteiger charge is -2.00. The number of nitro groups is 1. The molecule has 0 N–H and O–H groups in total. The van der Waals surface area contributed by atoms with Gasteiger partial charge in [-0.2, -0.15) is 0 Å². The number of hydrogen-bond donors (Lipinski definition) is 0. The van der Waals surface area contributed by atoms with Crippen LogP contribution in [-0.4, -0.2) is 16.5 Å². The average molecular weight is 202 g/mol. The second kappa shape index (κ2) is 4.04. The number of benzene rings is 1. The summed E-state index contributed by atoms with van der Waals surface area (Å²) in [6, 6.07) is 9.55. The van der Waals surface area contributed by atoms with Crippen molar-refractivity contribution in [1.82, 2.24) is 4.98 Å². The fourth-order valence-corrected chi connectivity index (χ4v) is 1.50. The zero-order chi connectivity index (χ0) is 10.7. The van der Waals surface area contributed by atoms with Gasteiger partial charge in [0, 0.05) is 22.9 Å². The van der Waals surface area contributed by atoms with Gasteiger partial charge < -0.3 is 0 Å². The standard InChI is InChI=1S/C11H10N2O2/c14-13(15)7-5-9-3-4-11-10(8-9)2-1-6-12-11/h1-4,6,8H,5,7H2. The Morgan fingerprint density at radius 2 is 2.20 bits per heavy atom. The van der Waals surface area contributed by atoms with E-state index < -0.39 is 0 Å². The average Bonchev–Trinajstić information content (AvgIpc) is 2.26. The van der Waals surface area contributed by atoms with Gasteiger partial charge in [-0.05, 0) is 23.8 Å². The lowest BCUT2D eigenvalue weighted by Crippen LogP contribution is -2.03. The van der Waals surface area contributed by atoms with E-state index in [0.717, 1.165) is 16.5 Å². The summed E-state index contributed by atoms with van der Waals surface area (Å²) in [5.41, 5.74) is 1.90. The van der Waals surface area contributed by atoms with Crippen LogP contribution in [0.2, 0.25) is 0 Å². The van der Waals surface area contributed by atoms with Crippen LogP contribution in [0.5, 0.6) is 0 Å². The van der Waals surface area contributed by atoms with Crippen molar-refractivity contribution in [2.75, 3.05) is 6.54 Å². The van der Waals surface area contributed by atoms with E-state index >= 15 is 0 Å². The number of rotatable bonds is 3. The van der Waals surface area contributed by atoms with Crippen molar-refractivity contribution in [2.45, 2.75) is 6.42 Å². The molecule has 0 saturated heterocycles. The first kappa shape index (κ1) is 9.58. The number of aromatic nitrogens is 1. The van der Waals surface area contributed by atoms with Crippen LogP contribution in [-0.2, 0) is 6.42 Å². The molecule has 2 aromatic rings. The summed E-state index contributed by atoms with van der Waals surface area (Å²) < 4.78 is 0. The third-order valence-electron chi connectivity index (χ3n) is 2.25. The first-order valence-electron chi connectivity index (χ1n) is 4.71. The molecule has 4 heteroatoms. The monoisotopic (exact) mass is 202 g/mol. The topological polar surface area (TPSA) is 56.0 Å². The Morgan fingerprint density at radius 1 is 1.33 bits per heavy atom. The van der Waals surface area contributed by atoms with E-state index in [9.17, 15) is 10.1 Å². The smallest absolute Gasteiger partial charge is 0.207 e. The van der Waals surface area contributed by atoms with Gasteiger partial charge in [0.15, 0.2) is 0 Å². The fraction of sp³-hybridized carbons (Fsp3) is 0.182. The molecular weight excluding hydrogens is 192 g/mol. The molecule has 1 heterocycles. The Hall–Kier alpha value is -1.97. The van der Waals surface area contributed by atoms with Gasteiger partial charge in [-0.3, -0.25) is 15.1 Å². The van der Waals surface area contributed by atoms with Crippen LogP contribution >= 0.6 is 0 Å². The lowest BCUT2D eigenvalue weighted by molar-refractivity contribution is -0.479. The van der Waals surface area contributed by atoms with Gasteiger partial charge in [-0.1, -0.05) is 12.1 Å². The molecule has 1 aromatic heterocycles. The predicted octanol–water partition coefficient (Wildman–Crippen LogP) is 2.05. The van der Waals surface area contributed by atoms with E-state index in [1.54, 1.807) is 6.20 Å². The maximum Gasteiger partial charge on any atom is 0.207 e. The highest BCUT2D eigenvalue weighted by Crippen LogP contribution is 2.13. The minimum atomic E-state index is -0.298. The van der Waals surface area contributed by atoms with Crippen molar-refractivity contribution < 1.29 is 4.92 Å². The van der Waals surface area contributed by atoms with Crippen LogP contribution in [0.4, 0.5) is 0 Å². The molecule has 0 radical (unpaired) electrons. The summed E-state index contributed by atoms with van der Waals surface area (Å²) in [7, 11) is 0. The molecule has 0 saturated carbocycles. The van der Waals surface area contributed by atoms with Gasteiger partial charge in [-0.15, -0.1) is 0 Å². The number of nitrogens with zero attached hydrogens (tertiary/aromatic N) is 2. The quantitative estimate of drug-likeness (QED) is 0.565. The van der Waals surface area contributed by atoms with Gasteiger partial charge in [0.1, 0.15) is 0 Å². The lowest BCUT2D eigenvalue weighted by atomic mass is 10.1. The van der Waals surface area contributed by atoms with Gasteiger partial charge >= 0.3 is 0 Å². The molecule has 0 fully saturated rings. The minimum absolute atomic E-state index is 0.0221. The van der Waals surface area contributed by atoms with Gasteiger partial charge in [-0.25, -0.2) is 0 Å². The highest BCUT2D eigenvalue weighted by molar-refractivity contribution is 5.78. The summed E-state index contributed by atoms with van der Waals surface area (Å²) >= 11 is 0. The van der Waals surface area contributed by atoms with Crippen LogP contribution in [0.15, 0.2) is 36.5 Å². The first-order valence-corrected chi connectivity index (χ1v) is 4.71. The van der Waals surface area contributed by atoms with Crippen molar-refractivity contribution in [2.24, 2.45) is 0 Å². The van der Waals surface area contributed by atoms with Gasteiger partial charge in [0.05, 0.1) is 5.52 Å². The van der Waals surface area contributed by atoms with Crippen LogP contribution in [0.1, 0.15) is 5.56 Å². The zero-order valence-electron chi connectivity index (χ0n) is 8.09. The van der Waals surface area contributed by atoms with Crippen molar-refractivity contribution in [3.8, 4) is 0 Å². The molecule has 0 bridgehead atoms. The zero-order valence-corrected chi connectivity index (χ0v) is 8.09. The van der Waals surface area contributed by atoms with Crippen molar-refractivity contribution in [1.29, 1.82) is 0 Å². The highest BCUT2D eigenvalue weighted by Gasteiger charge is 2.01. The van der Waals surface area contributed by atoms with Gasteiger partial charge in [0.25, 0.3) is 0 Å². The summed E-state index contributed by atoms with van der Waals surface area (Å²) in [5, 5.41) is 11.3. The molecule has 2 rings (SSSR count). The van der Waals surface area contributed by atoms with E-state index in [1.165, 1.54) is 0 Å². The third kappa shape index (κ3) is 2.28. The van der Waals surface area contributed by atoms with E-state index in [-0.39, 0.29) is 11.5 Å². The molecule has 4 nitrogen and oxygen atoms in total. The maximum absolute atomic E-state index is 10.2. The number of pyridine rings is 1.